The van der Waals surface area contributed by atoms with Crippen LogP contribution in [0.15, 0.2) is 12.2 Å². The van der Waals surface area contributed by atoms with Crippen molar-refractivity contribution in [2.75, 3.05) is 13.7 Å². The number of fused-ring (bicyclic) bond motifs is 7. The molecule has 0 aromatic heterocycles. The molecule has 1 aliphatic heterocycles. The van der Waals surface area contributed by atoms with Crippen LogP contribution in [0.1, 0.15) is 125 Å². The van der Waals surface area contributed by atoms with E-state index in [9.17, 15) is 4.79 Å². The maximum absolute atomic E-state index is 13.5. The Kier molecular flexibility index (Phi) is 7.18. The van der Waals surface area contributed by atoms with E-state index in [1.165, 1.54) is 50.5 Å². The van der Waals surface area contributed by atoms with Crippen LogP contribution in [0.2, 0.25) is 0 Å². The van der Waals surface area contributed by atoms with E-state index in [1.54, 1.807) is 7.11 Å². The Morgan fingerprint density at radius 2 is 1.60 bits per heavy atom. The molecule has 40 heavy (non-hydrogen) atoms. The van der Waals surface area contributed by atoms with E-state index in [0.29, 0.717) is 34.5 Å². The van der Waals surface area contributed by atoms with Crippen LogP contribution in [0.25, 0.3) is 0 Å². The molecule has 1 heterocycles. The van der Waals surface area contributed by atoms with Crippen LogP contribution < -0.4 is 0 Å². The predicted octanol–water partition coefficient (Wildman–Crippen LogP) is 8.73. The molecule has 0 amide bonds. The van der Waals surface area contributed by atoms with E-state index in [4.69, 9.17) is 14.2 Å². The van der Waals surface area contributed by atoms with Crippen molar-refractivity contribution in [1.29, 1.82) is 0 Å². The monoisotopic (exact) mass is 554 g/mol. The second kappa shape index (κ2) is 9.83. The third-order valence-corrected chi connectivity index (χ3v) is 15.1. The molecule has 0 N–H and O–H groups in total. The summed E-state index contributed by atoms with van der Waals surface area (Å²) in [7, 11) is 1.61. The molecule has 0 aromatic carbocycles. The van der Waals surface area contributed by atoms with Gasteiger partial charge in [-0.3, -0.25) is 4.79 Å². The highest BCUT2D eigenvalue weighted by atomic mass is 16.7. The molecule has 1 saturated heterocycles. The van der Waals surface area contributed by atoms with E-state index in [-0.39, 0.29) is 34.6 Å². The molecule has 6 rings (SSSR count). The van der Waals surface area contributed by atoms with Crippen LogP contribution in [0, 0.1) is 56.7 Å². The van der Waals surface area contributed by atoms with Gasteiger partial charge >= 0.3 is 5.97 Å². The average molecular weight is 555 g/mol. The Hall–Kier alpha value is -0.870. The Bertz CT molecular complexity index is 1010. The number of ether oxygens (including phenoxy) is 3. The summed E-state index contributed by atoms with van der Waals surface area (Å²) in [5.41, 5.74) is 2.00. The van der Waals surface area contributed by atoms with Crippen molar-refractivity contribution in [3.8, 4) is 0 Å². The number of allylic oxidation sites excluding steroid dienone is 1. The van der Waals surface area contributed by atoms with Gasteiger partial charge in [-0.15, -0.1) is 0 Å². The molecule has 0 bridgehead atoms. The molecule has 0 aromatic rings. The molecule has 0 spiro atoms. The molecule has 226 valence electrons. The highest BCUT2D eigenvalue weighted by Gasteiger charge is 2.72. The molecule has 4 nitrogen and oxygen atoms in total. The fraction of sp³-hybridized carbons (Fsp3) is 0.917. The molecule has 5 saturated carbocycles. The second-order valence-corrected chi connectivity index (χ2v) is 16.6. The molecular formula is C36H58O4. The van der Waals surface area contributed by atoms with E-state index < -0.39 is 0 Å². The fourth-order valence-corrected chi connectivity index (χ4v) is 12.9. The summed E-state index contributed by atoms with van der Waals surface area (Å²) in [6.45, 7) is 20.6. The van der Waals surface area contributed by atoms with Gasteiger partial charge in [-0.05, 0) is 142 Å². The van der Waals surface area contributed by atoms with E-state index in [2.05, 4.69) is 48.1 Å². The van der Waals surface area contributed by atoms with Gasteiger partial charge in [0.05, 0.1) is 18.6 Å². The second-order valence-electron chi connectivity index (χ2n) is 16.6. The number of carbonyl (C=O) groups excluding carboxylic acids is 1. The lowest BCUT2D eigenvalue weighted by molar-refractivity contribution is -0.273. The number of esters is 1. The third-order valence-electron chi connectivity index (χ3n) is 15.1. The zero-order valence-electron chi connectivity index (χ0n) is 26.8. The number of rotatable bonds is 4. The van der Waals surface area contributed by atoms with Gasteiger partial charge in [-0.2, -0.15) is 0 Å². The van der Waals surface area contributed by atoms with Gasteiger partial charge in [0.2, 0.25) is 0 Å². The molecule has 4 heteroatoms. The van der Waals surface area contributed by atoms with E-state index >= 15 is 0 Å². The Morgan fingerprint density at radius 1 is 0.825 bits per heavy atom. The van der Waals surface area contributed by atoms with Crippen molar-refractivity contribution < 1.29 is 19.0 Å². The highest BCUT2D eigenvalue weighted by Crippen LogP contribution is 2.77. The number of hydrogen-bond donors (Lipinski definition) is 0. The summed E-state index contributed by atoms with van der Waals surface area (Å²) in [6, 6.07) is 0. The zero-order valence-corrected chi connectivity index (χ0v) is 26.8. The maximum atomic E-state index is 13.5. The minimum Gasteiger partial charge on any atom is -0.469 e. The Balaban J connectivity index is 1.30. The van der Waals surface area contributed by atoms with Gasteiger partial charge in [0.25, 0.3) is 0 Å². The first kappa shape index (κ1) is 29.2. The van der Waals surface area contributed by atoms with Crippen LogP contribution in [-0.4, -0.2) is 32.1 Å². The average Bonchev–Trinajstić information content (AvgIpc) is 3.32. The van der Waals surface area contributed by atoms with Gasteiger partial charge < -0.3 is 14.2 Å². The molecular weight excluding hydrogens is 496 g/mol. The Morgan fingerprint density at radius 3 is 2.27 bits per heavy atom. The normalized spacial score (nSPS) is 51.5. The highest BCUT2D eigenvalue weighted by molar-refractivity contribution is 5.78. The lowest BCUT2D eigenvalue weighted by atomic mass is 9.32. The number of carbonyl (C=O) groups is 1. The van der Waals surface area contributed by atoms with Crippen LogP contribution in [-0.2, 0) is 19.0 Å². The molecule has 0 radical (unpaired) electrons. The van der Waals surface area contributed by atoms with Gasteiger partial charge in [0.1, 0.15) is 0 Å². The summed E-state index contributed by atoms with van der Waals surface area (Å²) < 4.78 is 18.4. The minimum absolute atomic E-state index is 0.00409. The first-order valence-electron chi connectivity index (χ1n) is 16.9. The Labute approximate surface area is 244 Å². The van der Waals surface area contributed by atoms with Gasteiger partial charge in [0, 0.05) is 6.61 Å². The van der Waals surface area contributed by atoms with Crippen molar-refractivity contribution in [1.82, 2.24) is 0 Å². The van der Waals surface area contributed by atoms with Gasteiger partial charge in [-0.25, -0.2) is 0 Å². The van der Waals surface area contributed by atoms with Crippen LogP contribution >= 0.6 is 0 Å². The third kappa shape index (κ3) is 3.85. The van der Waals surface area contributed by atoms with Crippen LogP contribution in [0.5, 0.6) is 0 Å². The summed E-state index contributed by atoms with van der Waals surface area (Å²) in [5.74, 6) is 2.87. The van der Waals surface area contributed by atoms with Crippen molar-refractivity contribution in [2.45, 2.75) is 137 Å². The molecule has 5 aliphatic carbocycles. The number of hydrogen-bond acceptors (Lipinski definition) is 4. The summed E-state index contributed by atoms with van der Waals surface area (Å²) in [6.07, 6.45) is 15.5. The van der Waals surface area contributed by atoms with Crippen molar-refractivity contribution in [3.63, 3.8) is 0 Å². The largest absolute Gasteiger partial charge is 0.469 e. The minimum atomic E-state index is -0.300. The molecule has 6 aliphatic rings. The smallest absolute Gasteiger partial charge is 0.312 e. The lowest BCUT2D eigenvalue weighted by Gasteiger charge is -2.73. The quantitative estimate of drug-likeness (QED) is 0.198. The van der Waals surface area contributed by atoms with E-state index in [1.807, 2.05) is 0 Å². The zero-order chi connectivity index (χ0) is 28.7. The fourth-order valence-electron chi connectivity index (χ4n) is 12.9. The lowest BCUT2D eigenvalue weighted by Crippen LogP contribution is -2.67. The van der Waals surface area contributed by atoms with E-state index in [0.717, 1.165) is 51.0 Å². The molecule has 11 unspecified atom stereocenters. The number of methoxy groups -OCH3 is 1. The van der Waals surface area contributed by atoms with Gasteiger partial charge in [0.15, 0.2) is 6.29 Å². The summed E-state index contributed by atoms with van der Waals surface area (Å²) >= 11 is 0. The maximum Gasteiger partial charge on any atom is 0.312 e. The summed E-state index contributed by atoms with van der Waals surface area (Å²) in [4.78, 5) is 13.5. The van der Waals surface area contributed by atoms with Crippen molar-refractivity contribution in [3.05, 3.63) is 12.2 Å². The topological polar surface area (TPSA) is 44.8 Å². The molecule has 6 fully saturated rings. The standard InChI is InChI=1S/C36H58O4/c1-23(2)24-14-19-36(31(37)38-8)21-20-34(6)25(30(24)36)12-13-27-33(5)17-16-28(40-29-11-9-10-22-39-29)32(3,4)26(33)15-18-35(27,34)7/h24-30H,1,9-22H2,2-8H3. The SMILES string of the molecule is C=C(C)C1CCC2(C(=O)OC)CCC3(C)C(CCC4C5(C)CCC(OC6CCCCO6)C(C)(C)C5CCC43C)C12. The van der Waals surface area contributed by atoms with Crippen molar-refractivity contribution in [2.24, 2.45) is 56.7 Å². The summed E-state index contributed by atoms with van der Waals surface area (Å²) in [5, 5.41) is 0. The first-order chi connectivity index (χ1) is 18.8. The van der Waals surface area contributed by atoms with Gasteiger partial charge in [-0.1, -0.05) is 46.8 Å². The van der Waals surface area contributed by atoms with Crippen LogP contribution in [0.4, 0.5) is 0 Å². The first-order valence-corrected chi connectivity index (χ1v) is 16.9. The predicted molar refractivity (Wildman–Crippen MR) is 159 cm³/mol. The van der Waals surface area contributed by atoms with Crippen molar-refractivity contribution >= 4 is 5.97 Å². The van der Waals surface area contributed by atoms with Crippen LogP contribution in [0.3, 0.4) is 0 Å². The molecule has 11 atom stereocenters.